The summed E-state index contributed by atoms with van der Waals surface area (Å²) in [6, 6.07) is 7.90. The van der Waals surface area contributed by atoms with Crippen molar-refractivity contribution in [2.45, 2.75) is 25.8 Å². The number of nitrogens with one attached hydrogen (secondary N) is 1. The van der Waals surface area contributed by atoms with Gasteiger partial charge >= 0.3 is 0 Å². The number of aromatic nitrogens is 2. The van der Waals surface area contributed by atoms with Gasteiger partial charge in [-0.15, -0.1) is 10.2 Å². The molecule has 1 N–H and O–H groups in total. The van der Waals surface area contributed by atoms with E-state index in [0.717, 1.165) is 19.4 Å². The standard InChI is InChI=1S/C19H22ClFN4O2/c1-12(13-5-6-16(27-2)15(21)10-13)22-19(26)14-4-3-9-25(11-14)18-8-7-17(20)23-24-18/h5-8,10,12,14H,3-4,9,11H2,1-2H3,(H,22,26)/t12-,14-/m0/s1. The highest BCUT2D eigenvalue weighted by Crippen LogP contribution is 2.25. The van der Waals surface area contributed by atoms with Gasteiger partial charge in [-0.25, -0.2) is 4.39 Å². The van der Waals surface area contributed by atoms with Gasteiger partial charge in [-0.3, -0.25) is 4.79 Å². The molecule has 2 atom stereocenters. The summed E-state index contributed by atoms with van der Waals surface area (Å²) >= 11 is 5.78. The Hall–Kier alpha value is -2.41. The van der Waals surface area contributed by atoms with Crippen molar-refractivity contribution in [3.8, 4) is 5.75 Å². The maximum absolute atomic E-state index is 13.9. The number of carbonyl (C=O) groups is 1. The predicted molar refractivity (Wildman–Crippen MR) is 101 cm³/mol. The Morgan fingerprint density at radius 1 is 1.37 bits per heavy atom. The molecule has 0 radical (unpaired) electrons. The summed E-state index contributed by atoms with van der Waals surface area (Å²) in [7, 11) is 1.42. The number of halogens is 2. The van der Waals surface area contributed by atoms with Crippen LogP contribution in [0.2, 0.25) is 5.15 Å². The van der Waals surface area contributed by atoms with Gasteiger partial charge in [0.15, 0.2) is 22.5 Å². The van der Waals surface area contributed by atoms with Crippen LogP contribution in [0.5, 0.6) is 5.75 Å². The minimum Gasteiger partial charge on any atom is -0.494 e. The third-order valence-electron chi connectivity index (χ3n) is 4.77. The Balaban J connectivity index is 1.63. The maximum Gasteiger partial charge on any atom is 0.225 e. The van der Waals surface area contributed by atoms with E-state index in [4.69, 9.17) is 16.3 Å². The highest BCUT2D eigenvalue weighted by Gasteiger charge is 2.27. The first kappa shape index (κ1) is 19.4. The Morgan fingerprint density at radius 3 is 2.85 bits per heavy atom. The van der Waals surface area contributed by atoms with Crippen molar-refractivity contribution in [1.29, 1.82) is 0 Å². The summed E-state index contributed by atoms with van der Waals surface area (Å²) in [5.41, 5.74) is 0.692. The van der Waals surface area contributed by atoms with Gasteiger partial charge in [-0.1, -0.05) is 17.7 Å². The first-order valence-electron chi connectivity index (χ1n) is 8.86. The van der Waals surface area contributed by atoms with E-state index >= 15 is 0 Å². The largest absolute Gasteiger partial charge is 0.494 e. The average Bonchev–Trinajstić information content (AvgIpc) is 2.68. The second-order valence-electron chi connectivity index (χ2n) is 6.62. The molecule has 0 bridgehead atoms. The molecule has 2 heterocycles. The maximum atomic E-state index is 13.9. The van der Waals surface area contributed by atoms with E-state index in [1.165, 1.54) is 13.2 Å². The van der Waals surface area contributed by atoms with Gasteiger partial charge in [0, 0.05) is 13.1 Å². The topological polar surface area (TPSA) is 67.3 Å². The number of carbonyl (C=O) groups excluding carboxylic acids is 1. The third kappa shape index (κ3) is 4.66. The predicted octanol–water partition coefficient (Wildman–Crippen LogP) is 3.37. The number of methoxy groups -OCH3 is 1. The zero-order valence-electron chi connectivity index (χ0n) is 15.3. The molecule has 1 amide bonds. The molecule has 1 aromatic carbocycles. The number of amides is 1. The second kappa shape index (κ2) is 8.52. The molecule has 8 heteroatoms. The van der Waals surface area contributed by atoms with Gasteiger partial charge in [-0.2, -0.15) is 0 Å². The van der Waals surface area contributed by atoms with Gasteiger partial charge in [0.2, 0.25) is 5.91 Å². The quantitative estimate of drug-likeness (QED) is 0.845. The van der Waals surface area contributed by atoms with E-state index in [0.29, 0.717) is 23.1 Å². The molecule has 6 nitrogen and oxygen atoms in total. The van der Waals surface area contributed by atoms with Crippen molar-refractivity contribution in [2.24, 2.45) is 5.92 Å². The molecular weight excluding hydrogens is 371 g/mol. The average molecular weight is 393 g/mol. The van der Waals surface area contributed by atoms with E-state index in [2.05, 4.69) is 15.5 Å². The van der Waals surface area contributed by atoms with E-state index < -0.39 is 5.82 Å². The molecule has 0 saturated carbocycles. The van der Waals surface area contributed by atoms with E-state index in [1.54, 1.807) is 24.3 Å². The van der Waals surface area contributed by atoms with Crippen molar-refractivity contribution in [2.75, 3.05) is 25.1 Å². The number of hydrogen-bond acceptors (Lipinski definition) is 5. The van der Waals surface area contributed by atoms with Gasteiger partial charge in [0.05, 0.1) is 19.1 Å². The number of piperidine rings is 1. The molecular formula is C19H22ClFN4O2. The second-order valence-corrected chi connectivity index (χ2v) is 7.01. The number of benzene rings is 1. The SMILES string of the molecule is COc1ccc([C@H](C)NC(=O)[C@H]2CCCN(c3ccc(Cl)nn3)C2)cc1F. The van der Waals surface area contributed by atoms with E-state index in [-0.39, 0.29) is 23.6 Å². The third-order valence-corrected chi connectivity index (χ3v) is 4.97. The Labute approximate surface area is 162 Å². The Bertz CT molecular complexity index is 803. The summed E-state index contributed by atoms with van der Waals surface area (Å²) in [6.07, 6.45) is 1.68. The summed E-state index contributed by atoms with van der Waals surface area (Å²) in [4.78, 5) is 14.7. The van der Waals surface area contributed by atoms with Crippen LogP contribution in [0.25, 0.3) is 0 Å². The lowest BCUT2D eigenvalue weighted by Gasteiger charge is -2.33. The van der Waals surface area contributed by atoms with Crippen LogP contribution < -0.4 is 15.0 Å². The molecule has 3 rings (SSSR count). The smallest absolute Gasteiger partial charge is 0.225 e. The van der Waals surface area contributed by atoms with Gasteiger partial charge in [0.25, 0.3) is 0 Å². The van der Waals surface area contributed by atoms with Gasteiger partial charge < -0.3 is 15.0 Å². The van der Waals surface area contributed by atoms with Crippen LogP contribution in [0.3, 0.4) is 0 Å². The summed E-state index contributed by atoms with van der Waals surface area (Å²) in [6.45, 7) is 3.22. The monoisotopic (exact) mass is 392 g/mol. The fourth-order valence-electron chi connectivity index (χ4n) is 3.24. The zero-order chi connectivity index (χ0) is 19.4. The van der Waals surface area contributed by atoms with Crippen LogP contribution in [0.1, 0.15) is 31.4 Å². The van der Waals surface area contributed by atoms with Crippen LogP contribution >= 0.6 is 11.6 Å². The summed E-state index contributed by atoms with van der Waals surface area (Å²) < 4.78 is 18.8. The minimum atomic E-state index is -0.443. The van der Waals surface area contributed by atoms with Crippen molar-refractivity contribution >= 4 is 23.3 Å². The van der Waals surface area contributed by atoms with Gasteiger partial charge in [-0.05, 0) is 49.6 Å². The zero-order valence-corrected chi connectivity index (χ0v) is 16.0. The van der Waals surface area contributed by atoms with Crippen LogP contribution in [0.15, 0.2) is 30.3 Å². The molecule has 0 unspecified atom stereocenters. The molecule has 1 aliphatic heterocycles. The first-order chi connectivity index (χ1) is 13.0. The molecule has 1 aliphatic rings. The number of nitrogens with zero attached hydrogens (tertiary/aromatic N) is 3. The van der Waals surface area contributed by atoms with E-state index in [1.807, 2.05) is 11.8 Å². The van der Waals surface area contributed by atoms with Crippen molar-refractivity contribution in [1.82, 2.24) is 15.5 Å². The lowest BCUT2D eigenvalue weighted by Crippen LogP contribution is -2.44. The highest BCUT2D eigenvalue weighted by atomic mass is 35.5. The highest BCUT2D eigenvalue weighted by molar-refractivity contribution is 6.29. The molecule has 144 valence electrons. The minimum absolute atomic E-state index is 0.0506. The lowest BCUT2D eigenvalue weighted by atomic mass is 9.96. The molecule has 1 fully saturated rings. The molecule has 2 aromatic rings. The summed E-state index contributed by atoms with van der Waals surface area (Å²) in [5, 5.41) is 11.3. The van der Waals surface area contributed by atoms with Crippen LogP contribution in [0.4, 0.5) is 10.2 Å². The van der Waals surface area contributed by atoms with E-state index in [9.17, 15) is 9.18 Å². The fourth-order valence-corrected chi connectivity index (χ4v) is 3.34. The van der Waals surface area contributed by atoms with Crippen molar-refractivity contribution in [3.05, 3.63) is 46.9 Å². The Morgan fingerprint density at radius 2 is 2.19 bits per heavy atom. The van der Waals surface area contributed by atoms with Crippen LogP contribution in [0, 0.1) is 11.7 Å². The number of rotatable bonds is 5. The number of ether oxygens (including phenoxy) is 1. The van der Waals surface area contributed by atoms with Crippen LogP contribution in [-0.2, 0) is 4.79 Å². The Kier molecular flexibility index (Phi) is 6.11. The fraction of sp³-hybridized carbons (Fsp3) is 0.421. The lowest BCUT2D eigenvalue weighted by molar-refractivity contribution is -0.125. The first-order valence-corrected chi connectivity index (χ1v) is 9.23. The number of hydrogen-bond donors (Lipinski definition) is 1. The normalized spacial score (nSPS) is 18.1. The molecule has 0 aliphatic carbocycles. The van der Waals surface area contributed by atoms with Gasteiger partial charge in [0.1, 0.15) is 0 Å². The molecule has 0 spiro atoms. The van der Waals surface area contributed by atoms with Crippen molar-refractivity contribution in [3.63, 3.8) is 0 Å². The summed E-state index contributed by atoms with van der Waals surface area (Å²) in [5.74, 6) is 0.236. The molecule has 27 heavy (non-hydrogen) atoms. The molecule has 1 saturated heterocycles. The van der Waals surface area contributed by atoms with Crippen molar-refractivity contribution < 1.29 is 13.9 Å². The number of anilines is 1. The van der Waals surface area contributed by atoms with Crippen LogP contribution in [-0.4, -0.2) is 36.3 Å². The molecule has 1 aromatic heterocycles.